The number of aryl methyl sites for hydroxylation is 1. The Morgan fingerprint density at radius 1 is 1.03 bits per heavy atom. The largest absolute Gasteiger partial charge is 0.350 e. The summed E-state index contributed by atoms with van der Waals surface area (Å²) in [4.78, 5) is 28.1. The van der Waals surface area contributed by atoms with Crippen LogP contribution in [-0.2, 0) is 22.6 Å². The van der Waals surface area contributed by atoms with E-state index in [1.54, 1.807) is 23.1 Å². The van der Waals surface area contributed by atoms with Crippen LogP contribution in [0.4, 0.5) is 0 Å². The summed E-state index contributed by atoms with van der Waals surface area (Å²) in [7, 11) is 0. The summed E-state index contributed by atoms with van der Waals surface area (Å²) < 4.78 is 0. The zero-order valence-corrected chi connectivity index (χ0v) is 19.8. The predicted octanol–water partition coefficient (Wildman–Crippen LogP) is 5.57. The van der Waals surface area contributed by atoms with E-state index in [4.69, 9.17) is 23.2 Å². The van der Waals surface area contributed by atoms with E-state index in [1.807, 2.05) is 58.9 Å². The van der Waals surface area contributed by atoms with Crippen LogP contribution < -0.4 is 5.32 Å². The highest BCUT2D eigenvalue weighted by molar-refractivity contribution is 6.36. The summed E-state index contributed by atoms with van der Waals surface area (Å²) in [5, 5.41) is 3.95. The second-order valence-electron chi connectivity index (χ2n) is 8.49. The van der Waals surface area contributed by atoms with Crippen molar-refractivity contribution in [1.29, 1.82) is 0 Å². The normalized spacial score (nSPS) is 12.4. The van der Waals surface area contributed by atoms with Gasteiger partial charge in [-0.2, -0.15) is 0 Å². The van der Waals surface area contributed by atoms with Gasteiger partial charge < -0.3 is 10.2 Å². The first-order chi connectivity index (χ1) is 14.0. The van der Waals surface area contributed by atoms with Gasteiger partial charge in [-0.05, 0) is 57.4 Å². The van der Waals surface area contributed by atoms with E-state index >= 15 is 0 Å². The summed E-state index contributed by atoms with van der Waals surface area (Å²) in [6.07, 6.45) is 0.678. The molecule has 0 fully saturated rings. The molecule has 0 bridgehead atoms. The van der Waals surface area contributed by atoms with Gasteiger partial charge in [0.1, 0.15) is 6.04 Å². The number of nitrogens with zero attached hydrogens (tertiary/aromatic N) is 1. The average Bonchev–Trinajstić information content (AvgIpc) is 2.64. The van der Waals surface area contributed by atoms with Crippen molar-refractivity contribution < 1.29 is 9.59 Å². The van der Waals surface area contributed by atoms with E-state index in [9.17, 15) is 9.59 Å². The van der Waals surface area contributed by atoms with Crippen molar-refractivity contribution in [2.45, 2.75) is 65.6 Å². The molecule has 4 nitrogen and oxygen atoms in total. The monoisotopic (exact) mass is 448 g/mol. The van der Waals surface area contributed by atoms with Crippen LogP contribution in [0.1, 0.15) is 50.8 Å². The minimum absolute atomic E-state index is 0.142. The molecule has 0 radical (unpaired) electrons. The van der Waals surface area contributed by atoms with Gasteiger partial charge in [0.15, 0.2) is 0 Å². The van der Waals surface area contributed by atoms with Crippen LogP contribution in [0.15, 0.2) is 42.5 Å². The van der Waals surface area contributed by atoms with Crippen LogP contribution in [-0.4, -0.2) is 28.3 Å². The molecule has 162 valence electrons. The van der Waals surface area contributed by atoms with E-state index in [-0.39, 0.29) is 24.8 Å². The van der Waals surface area contributed by atoms with E-state index in [1.165, 1.54) is 0 Å². The minimum atomic E-state index is -0.631. The van der Waals surface area contributed by atoms with Gasteiger partial charge in [-0.25, -0.2) is 0 Å². The first kappa shape index (κ1) is 24.2. The molecule has 0 aliphatic carbocycles. The van der Waals surface area contributed by atoms with Crippen LogP contribution in [0.25, 0.3) is 0 Å². The fourth-order valence-corrected chi connectivity index (χ4v) is 3.82. The molecule has 0 unspecified atom stereocenters. The smallest absolute Gasteiger partial charge is 0.243 e. The summed E-state index contributed by atoms with van der Waals surface area (Å²) in [6.45, 7) is 9.79. The van der Waals surface area contributed by atoms with Crippen molar-refractivity contribution in [1.82, 2.24) is 10.2 Å². The van der Waals surface area contributed by atoms with E-state index in [0.29, 0.717) is 22.0 Å². The first-order valence-corrected chi connectivity index (χ1v) is 10.9. The highest BCUT2D eigenvalue weighted by atomic mass is 35.5. The van der Waals surface area contributed by atoms with Crippen LogP contribution in [0.2, 0.25) is 10.0 Å². The second kappa shape index (κ2) is 10.3. The lowest BCUT2D eigenvalue weighted by Crippen LogP contribution is -2.53. The third-order valence-corrected chi connectivity index (χ3v) is 5.59. The Bertz CT molecular complexity index is 886. The van der Waals surface area contributed by atoms with Gasteiger partial charge in [-0.3, -0.25) is 9.59 Å². The third kappa shape index (κ3) is 6.48. The number of carbonyl (C=O) groups is 2. The molecular formula is C24H30Cl2N2O2. The van der Waals surface area contributed by atoms with Gasteiger partial charge in [-0.15, -0.1) is 0 Å². The quantitative estimate of drug-likeness (QED) is 0.601. The fourth-order valence-electron chi connectivity index (χ4n) is 3.30. The van der Waals surface area contributed by atoms with Crippen molar-refractivity contribution >= 4 is 35.0 Å². The predicted molar refractivity (Wildman–Crippen MR) is 124 cm³/mol. The molecular weight excluding hydrogens is 419 g/mol. The maximum Gasteiger partial charge on any atom is 0.243 e. The second-order valence-corrected chi connectivity index (χ2v) is 9.30. The first-order valence-electron chi connectivity index (χ1n) is 10.1. The lowest BCUT2D eigenvalue weighted by Gasteiger charge is -2.33. The summed E-state index contributed by atoms with van der Waals surface area (Å²) in [5.41, 5.74) is 2.20. The van der Waals surface area contributed by atoms with Crippen molar-refractivity contribution in [2.24, 2.45) is 0 Å². The molecule has 0 saturated heterocycles. The molecule has 0 heterocycles. The fraction of sp³-hybridized carbons (Fsp3) is 0.417. The highest BCUT2D eigenvalue weighted by Crippen LogP contribution is 2.27. The van der Waals surface area contributed by atoms with Crippen molar-refractivity contribution in [3.8, 4) is 0 Å². The molecule has 2 aromatic rings. The van der Waals surface area contributed by atoms with Gasteiger partial charge in [0.2, 0.25) is 11.8 Å². The van der Waals surface area contributed by atoms with Crippen LogP contribution in [0.3, 0.4) is 0 Å². The Morgan fingerprint density at radius 2 is 1.63 bits per heavy atom. The highest BCUT2D eigenvalue weighted by Gasteiger charge is 2.31. The van der Waals surface area contributed by atoms with Crippen LogP contribution in [0.5, 0.6) is 0 Å². The van der Waals surface area contributed by atoms with Crippen molar-refractivity contribution in [3.63, 3.8) is 0 Å². The number of carbonyl (C=O) groups excluding carboxylic acids is 2. The maximum atomic E-state index is 13.4. The van der Waals surface area contributed by atoms with Gasteiger partial charge in [-0.1, -0.05) is 60.5 Å². The number of amides is 2. The number of nitrogens with one attached hydrogen (secondary N) is 1. The number of hydrogen-bond acceptors (Lipinski definition) is 2. The zero-order chi connectivity index (χ0) is 22.5. The van der Waals surface area contributed by atoms with E-state index in [2.05, 4.69) is 5.32 Å². The SMILES string of the molecule is CC[C@H](C(=O)NC(C)(C)C)N(Cc1c(Cl)cccc1Cl)C(=O)Cc1ccccc1C. The molecule has 2 aromatic carbocycles. The van der Waals surface area contributed by atoms with Gasteiger partial charge in [0.05, 0.1) is 6.42 Å². The number of benzene rings is 2. The van der Waals surface area contributed by atoms with Crippen molar-refractivity contribution in [2.75, 3.05) is 0 Å². The lowest BCUT2D eigenvalue weighted by molar-refractivity contribution is -0.141. The number of halogens is 2. The van der Waals surface area contributed by atoms with E-state index < -0.39 is 11.6 Å². The van der Waals surface area contributed by atoms with Crippen molar-refractivity contribution in [3.05, 3.63) is 69.2 Å². The molecule has 0 aromatic heterocycles. The lowest BCUT2D eigenvalue weighted by atomic mass is 10.0. The Labute approximate surface area is 189 Å². The summed E-state index contributed by atoms with van der Waals surface area (Å²) >= 11 is 12.7. The molecule has 0 aliphatic heterocycles. The standard InChI is InChI=1S/C24H30Cl2N2O2/c1-6-21(23(30)27-24(3,4)5)28(15-18-19(25)12-9-13-20(18)26)22(29)14-17-11-8-7-10-16(17)2/h7-13,21H,6,14-15H2,1-5H3,(H,27,30)/t21-/m1/s1. The molecule has 2 rings (SSSR count). The molecule has 1 atom stereocenters. The zero-order valence-electron chi connectivity index (χ0n) is 18.3. The Kier molecular flexibility index (Phi) is 8.34. The summed E-state index contributed by atoms with van der Waals surface area (Å²) in [5.74, 6) is -0.331. The van der Waals surface area contributed by atoms with Gasteiger partial charge >= 0.3 is 0 Å². The molecule has 0 saturated carbocycles. The molecule has 6 heteroatoms. The third-order valence-electron chi connectivity index (χ3n) is 4.88. The molecule has 2 amide bonds. The minimum Gasteiger partial charge on any atom is -0.350 e. The molecule has 0 aliphatic rings. The number of hydrogen-bond donors (Lipinski definition) is 1. The molecule has 1 N–H and O–H groups in total. The van der Waals surface area contributed by atoms with Gasteiger partial charge in [0.25, 0.3) is 0 Å². The van der Waals surface area contributed by atoms with Gasteiger partial charge in [0, 0.05) is 27.7 Å². The van der Waals surface area contributed by atoms with Crippen LogP contribution >= 0.6 is 23.2 Å². The molecule has 30 heavy (non-hydrogen) atoms. The molecule has 0 spiro atoms. The summed E-state index contributed by atoms with van der Waals surface area (Å²) in [6, 6.07) is 12.4. The van der Waals surface area contributed by atoms with E-state index in [0.717, 1.165) is 11.1 Å². The maximum absolute atomic E-state index is 13.4. The number of rotatable bonds is 7. The Morgan fingerprint density at radius 3 is 2.17 bits per heavy atom. The average molecular weight is 449 g/mol. The Balaban J connectivity index is 2.41. The topological polar surface area (TPSA) is 49.4 Å². The van der Waals surface area contributed by atoms with Crippen LogP contribution in [0, 0.1) is 6.92 Å². The Hall–Kier alpha value is -2.04.